The zero-order chi connectivity index (χ0) is 17.1. The molecule has 24 heavy (non-hydrogen) atoms. The molecule has 0 saturated heterocycles. The molecule has 0 saturated carbocycles. The predicted octanol–water partition coefficient (Wildman–Crippen LogP) is 4.04. The highest BCUT2D eigenvalue weighted by atomic mass is 79.9. The molecule has 2 aromatic carbocycles. The Labute approximate surface area is 149 Å². The van der Waals surface area contributed by atoms with Gasteiger partial charge < -0.3 is 15.2 Å². The first-order chi connectivity index (χ1) is 11.5. The van der Waals surface area contributed by atoms with Crippen LogP contribution in [-0.2, 0) is 13.1 Å². The minimum absolute atomic E-state index is 0.301. The molecular formula is C18H20BrFN4. The van der Waals surface area contributed by atoms with Crippen molar-refractivity contribution in [3.05, 3.63) is 58.3 Å². The van der Waals surface area contributed by atoms with E-state index in [1.165, 1.54) is 11.6 Å². The van der Waals surface area contributed by atoms with Crippen LogP contribution in [0.2, 0.25) is 0 Å². The van der Waals surface area contributed by atoms with Crippen LogP contribution >= 0.6 is 15.9 Å². The lowest BCUT2D eigenvalue weighted by atomic mass is 10.2. The molecule has 0 amide bonds. The highest BCUT2D eigenvalue weighted by Crippen LogP contribution is 2.25. The molecule has 1 aromatic heterocycles. The average Bonchev–Trinajstić information content (AvgIpc) is 2.84. The fourth-order valence-electron chi connectivity index (χ4n) is 2.85. The summed E-state index contributed by atoms with van der Waals surface area (Å²) in [4.78, 5) is 6.58. The SMILES string of the molecule is CN(CCCn1c(N)nc2cc(Br)c(F)cc21)Cc1ccccc1. The first kappa shape index (κ1) is 16.9. The van der Waals surface area contributed by atoms with Gasteiger partial charge >= 0.3 is 0 Å². The van der Waals surface area contributed by atoms with Crippen molar-refractivity contribution in [2.24, 2.45) is 0 Å². The summed E-state index contributed by atoms with van der Waals surface area (Å²) >= 11 is 3.18. The van der Waals surface area contributed by atoms with Gasteiger partial charge in [-0.15, -0.1) is 0 Å². The van der Waals surface area contributed by atoms with E-state index >= 15 is 0 Å². The van der Waals surface area contributed by atoms with Gasteiger partial charge in [0.15, 0.2) is 0 Å². The van der Waals surface area contributed by atoms with Crippen molar-refractivity contribution in [1.82, 2.24) is 14.5 Å². The Kier molecular flexibility index (Phi) is 5.16. The van der Waals surface area contributed by atoms with E-state index in [1.807, 2.05) is 22.8 Å². The Bertz CT molecular complexity index is 832. The van der Waals surface area contributed by atoms with E-state index in [0.29, 0.717) is 22.5 Å². The standard InChI is InChI=1S/C18H20BrFN4/c1-23(12-13-6-3-2-4-7-13)8-5-9-24-17-11-15(20)14(19)10-16(17)22-18(24)21/h2-4,6-7,10-11H,5,8-9,12H2,1H3,(H2,21,22). The number of anilines is 1. The van der Waals surface area contributed by atoms with Gasteiger partial charge in [-0.25, -0.2) is 9.37 Å². The number of fused-ring (bicyclic) bond motifs is 1. The number of aryl methyl sites for hydroxylation is 1. The molecule has 0 aliphatic rings. The van der Waals surface area contributed by atoms with Crippen LogP contribution in [0.15, 0.2) is 46.9 Å². The van der Waals surface area contributed by atoms with E-state index in [9.17, 15) is 4.39 Å². The van der Waals surface area contributed by atoms with Crippen molar-refractivity contribution in [1.29, 1.82) is 0 Å². The minimum Gasteiger partial charge on any atom is -0.369 e. The van der Waals surface area contributed by atoms with Crippen molar-refractivity contribution in [2.45, 2.75) is 19.5 Å². The molecule has 3 aromatic rings. The summed E-state index contributed by atoms with van der Waals surface area (Å²) in [6, 6.07) is 13.5. The number of hydrogen-bond acceptors (Lipinski definition) is 3. The third-order valence-electron chi connectivity index (χ3n) is 4.04. The number of nitrogen functional groups attached to an aromatic ring is 1. The third-order valence-corrected chi connectivity index (χ3v) is 4.64. The van der Waals surface area contributed by atoms with Crippen LogP contribution in [0, 0.1) is 5.82 Å². The van der Waals surface area contributed by atoms with E-state index in [0.717, 1.165) is 25.0 Å². The average molecular weight is 391 g/mol. The summed E-state index contributed by atoms with van der Waals surface area (Å²) in [5.74, 6) is 0.123. The van der Waals surface area contributed by atoms with Crippen molar-refractivity contribution >= 4 is 32.9 Å². The monoisotopic (exact) mass is 390 g/mol. The van der Waals surface area contributed by atoms with Crippen molar-refractivity contribution in [3.8, 4) is 0 Å². The maximum Gasteiger partial charge on any atom is 0.201 e. The van der Waals surface area contributed by atoms with Gasteiger partial charge in [0.2, 0.25) is 5.95 Å². The summed E-state index contributed by atoms with van der Waals surface area (Å²) < 4.78 is 16.1. The van der Waals surface area contributed by atoms with E-state index in [2.05, 4.69) is 45.0 Å². The quantitative estimate of drug-likeness (QED) is 0.690. The lowest BCUT2D eigenvalue weighted by Crippen LogP contribution is -2.20. The Balaban J connectivity index is 1.63. The van der Waals surface area contributed by atoms with E-state index < -0.39 is 0 Å². The number of nitrogens with two attached hydrogens (primary N) is 1. The van der Waals surface area contributed by atoms with Crippen LogP contribution in [0.3, 0.4) is 0 Å². The van der Waals surface area contributed by atoms with Crippen LogP contribution in [0.1, 0.15) is 12.0 Å². The molecule has 0 aliphatic heterocycles. The number of rotatable bonds is 6. The van der Waals surface area contributed by atoms with E-state index in [4.69, 9.17) is 5.73 Å². The second-order valence-corrected chi connectivity index (χ2v) is 6.81. The van der Waals surface area contributed by atoms with Crippen LogP contribution in [0.5, 0.6) is 0 Å². The van der Waals surface area contributed by atoms with Gasteiger partial charge in [-0.05, 0) is 47.6 Å². The Hall–Kier alpha value is -1.92. The van der Waals surface area contributed by atoms with Crippen molar-refractivity contribution in [3.63, 3.8) is 0 Å². The Morgan fingerprint density at radius 2 is 2.00 bits per heavy atom. The molecule has 126 valence electrons. The highest BCUT2D eigenvalue weighted by molar-refractivity contribution is 9.10. The fourth-order valence-corrected chi connectivity index (χ4v) is 3.18. The summed E-state index contributed by atoms with van der Waals surface area (Å²) in [5, 5.41) is 0. The largest absolute Gasteiger partial charge is 0.369 e. The first-order valence-corrected chi connectivity index (χ1v) is 8.67. The highest BCUT2D eigenvalue weighted by Gasteiger charge is 2.11. The summed E-state index contributed by atoms with van der Waals surface area (Å²) in [6.45, 7) is 2.54. The molecule has 0 aliphatic carbocycles. The van der Waals surface area contributed by atoms with Gasteiger partial charge in [0.25, 0.3) is 0 Å². The maximum absolute atomic E-state index is 13.8. The second kappa shape index (κ2) is 7.32. The van der Waals surface area contributed by atoms with Crippen LogP contribution in [-0.4, -0.2) is 28.0 Å². The maximum atomic E-state index is 13.8. The van der Waals surface area contributed by atoms with Crippen LogP contribution < -0.4 is 5.73 Å². The predicted molar refractivity (Wildman–Crippen MR) is 99.2 cm³/mol. The number of aromatic nitrogens is 2. The lowest BCUT2D eigenvalue weighted by molar-refractivity contribution is 0.315. The number of nitrogens with zero attached hydrogens (tertiary/aromatic N) is 3. The van der Waals surface area contributed by atoms with Crippen LogP contribution in [0.4, 0.5) is 10.3 Å². The normalized spacial score (nSPS) is 11.5. The Morgan fingerprint density at radius 1 is 1.25 bits per heavy atom. The molecule has 0 spiro atoms. The number of imidazole rings is 1. The van der Waals surface area contributed by atoms with Gasteiger partial charge in [0.05, 0.1) is 15.5 Å². The fraction of sp³-hybridized carbons (Fsp3) is 0.278. The van der Waals surface area contributed by atoms with Gasteiger partial charge in [-0.2, -0.15) is 0 Å². The van der Waals surface area contributed by atoms with Gasteiger partial charge in [0, 0.05) is 19.2 Å². The molecule has 6 heteroatoms. The molecule has 0 fully saturated rings. The number of benzene rings is 2. The Morgan fingerprint density at radius 3 is 2.75 bits per heavy atom. The molecule has 4 nitrogen and oxygen atoms in total. The zero-order valence-electron chi connectivity index (χ0n) is 13.5. The summed E-state index contributed by atoms with van der Waals surface area (Å²) in [7, 11) is 2.10. The number of halogens is 2. The van der Waals surface area contributed by atoms with E-state index in [-0.39, 0.29) is 5.82 Å². The van der Waals surface area contributed by atoms with Gasteiger partial charge in [-0.3, -0.25) is 0 Å². The lowest BCUT2D eigenvalue weighted by Gasteiger charge is -2.17. The molecule has 0 bridgehead atoms. The van der Waals surface area contributed by atoms with E-state index in [1.54, 1.807) is 6.07 Å². The zero-order valence-corrected chi connectivity index (χ0v) is 15.1. The minimum atomic E-state index is -0.301. The molecule has 1 heterocycles. The van der Waals surface area contributed by atoms with Gasteiger partial charge in [0.1, 0.15) is 5.82 Å². The smallest absolute Gasteiger partial charge is 0.201 e. The molecule has 2 N–H and O–H groups in total. The third kappa shape index (κ3) is 3.76. The molecule has 0 atom stereocenters. The molecular weight excluding hydrogens is 371 g/mol. The van der Waals surface area contributed by atoms with Crippen LogP contribution in [0.25, 0.3) is 11.0 Å². The molecule has 3 rings (SSSR count). The molecule has 0 radical (unpaired) electrons. The van der Waals surface area contributed by atoms with Crippen molar-refractivity contribution in [2.75, 3.05) is 19.3 Å². The summed E-state index contributed by atoms with van der Waals surface area (Å²) in [6.07, 6.45) is 0.913. The van der Waals surface area contributed by atoms with Gasteiger partial charge in [-0.1, -0.05) is 30.3 Å². The molecule has 0 unspecified atom stereocenters. The second-order valence-electron chi connectivity index (χ2n) is 5.95. The van der Waals surface area contributed by atoms with Crippen molar-refractivity contribution < 1.29 is 4.39 Å². The summed E-state index contributed by atoms with van der Waals surface area (Å²) in [5.41, 5.74) is 8.73. The topological polar surface area (TPSA) is 47.1 Å². The first-order valence-electron chi connectivity index (χ1n) is 7.88. The number of hydrogen-bond donors (Lipinski definition) is 1.